The smallest absolute Gasteiger partial charge is 0.302 e. The van der Waals surface area contributed by atoms with Crippen LogP contribution in [0, 0.1) is 35.5 Å². The van der Waals surface area contributed by atoms with E-state index in [9.17, 15) is 4.79 Å². The molecule has 1 aromatic heterocycles. The predicted molar refractivity (Wildman–Crippen MR) is 137 cm³/mol. The lowest BCUT2D eigenvalue weighted by molar-refractivity contribution is -0.156. The molecule has 1 heterocycles. The molecule has 4 aliphatic carbocycles. The van der Waals surface area contributed by atoms with Gasteiger partial charge in [0.25, 0.3) is 0 Å². The third-order valence-corrected chi connectivity index (χ3v) is 10.2. The van der Waals surface area contributed by atoms with Gasteiger partial charge in [-0.25, -0.2) is 0 Å². The molecule has 0 unspecified atom stereocenters. The minimum Gasteiger partial charge on any atom is -0.462 e. The lowest BCUT2D eigenvalue weighted by Gasteiger charge is -2.56. The molecule has 6 atom stereocenters. The zero-order valence-corrected chi connectivity index (χ0v) is 21.1. The van der Waals surface area contributed by atoms with Crippen LogP contribution >= 0.6 is 0 Å². The Bertz CT molecular complexity index is 1230. The fraction of sp³-hybridized carbons (Fsp3) is 0.548. The van der Waals surface area contributed by atoms with Gasteiger partial charge >= 0.3 is 5.97 Å². The van der Waals surface area contributed by atoms with Gasteiger partial charge in [-0.05, 0) is 104 Å². The largest absolute Gasteiger partial charge is 0.462 e. The summed E-state index contributed by atoms with van der Waals surface area (Å²) >= 11 is 0. The number of nitrogens with zero attached hydrogens (tertiary/aromatic N) is 1. The third-order valence-electron chi connectivity index (χ3n) is 10.2. The summed E-state index contributed by atoms with van der Waals surface area (Å²) in [5.74, 6) is 2.00. The van der Waals surface area contributed by atoms with Crippen molar-refractivity contribution in [2.45, 2.75) is 78.7 Å². The first-order chi connectivity index (χ1) is 16.3. The molecule has 0 N–H and O–H groups in total. The molecule has 34 heavy (non-hydrogen) atoms. The molecule has 1 aromatic carbocycles. The maximum absolute atomic E-state index is 11.7. The normalized spacial score (nSPS) is 36.7. The molecule has 0 aliphatic heterocycles. The van der Waals surface area contributed by atoms with Gasteiger partial charge in [-0.2, -0.15) is 0 Å². The van der Waals surface area contributed by atoms with Crippen LogP contribution in [0.4, 0.5) is 0 Å². The highest BCUT2D eigenvalue weighted by Gasteiger charge is 2.59. The van der Waals surface area contributed by atoms with Crippen molar-refractivity contribution in [3.05, 3.63) is 59.3 Å². The second-order valence-corrected chi connectivity index (χ2v) is 11.9. The molecule has 4 aliphatic rings. The molecule has 2 aromatic rings. The van der Waals surface area contributed by atoms with E-state index in [4.69, 9.17) is 9.72 Å². The van der Waals surface area contributed by atoms with Crippen LogP contribution < -0.4 is 0 Å². The SMILES string of the molecule is CC(=O)O[C@H]1CC[C@H]2[C@@H]3CC=C4C=C(c5cc(C)nc6ccccc56)CC[C@]4(C)[C@H]3CC[C@]12C. The van der Waals surface area contributed by atoms with E-state index in [-0.39, 0.29) is 22.9 Å². The lowest BCUT2D eigenvalue weighted by atomic mass is 9.48. The van der Waals surface area contributed by atoms with Crippen LogP contribution in [0.2, 0.25) is 0 Å². The number of hydrogen-bond acceptors (Lipinski definition) is 3. The highest BCUT2D eigenvalue weighted by molar-refractivity contribution is 5.92. The second kappa shape index (κ2) is 7.80. The summed E-state index contributed by atoms with van der Waals surface area (Å²) < 4.78 is 5.83. The number of carbonyl (C=O) groups is 1. The fourth-order valence-electron chi connectivity index (χ4n) is 8.46. The van der Waals surface area contributed by atoms with Gasteiger partial charge in [-0.1, -0.05) is 44.2 Å². The highest BCUT2D eigenvalue weighted by Crippen LogP contribution is 2.65. The van der Waals surface area contributed by atoms with E-state index in [2.05, 4.69) is 63.3 Å². The topological polar surface area (TPSA) is 39.2 Å². The Kier molecular flexibility index (Phi) is 5.06. The van der Waals surface area contributed by atoms with E-state index in [1.54, 1.807) is 12.5 Å². The number of allylic oxidation sites excluding steroid dienone is 4. The molecule has 0 saturated heterocycles. The zero-order chi connectivity index (χ0) is 23.7. The molecule has 0 spiro atoms. The van der Waals surface area contributed by atoms with Crippen molar-refractivity contribution in [3.63, 3.8) is 0 Å². The van der Waals surface area contributed by atoms with E-state index in [0.29, 0.717) is 11.8 Å². The minimum absolute atomic E-state index is 0.107. The van der Waals surface area contributed by atoms with Crippen molar-refractivity contribution in [1.29, 1.82) is 0 Å². The van der Waals surface area contributed by atoms with Crippen molar-refractivity contribution >= 4 is 22.4 Å². The van der Waals surface area contributed by atoms with Crippen LogP contribution in [0.5, 0.6) is 0 Å². The third kappa shape index (κ3) is 3.22. The van der Waals surface area contributed by atoms with Crippen LogP contribution in [-0.2, 0) is 9.53 Å². The zero-order valence-electron chi connectivity index (χ0n) is 21.1. The van der Waals surface area contributed by atoms with Crippen LogP contribution in [-0.4, -0.2) is 17.1 Å². The van der Waals surface area contributed by atoms with E-state index in [1.165, 1.54) is 48.6 Å². The predicted octanol–water partition coefficient (Wildman–Crippen LogP) is 7.43. The summed E-state index contributed by atoms with van der Waals surface area (Å²) in [5, 5.41) is 1.27. The van der Waals surface area contributed by atoms with Gasteiger partial charge in [0, 0.05) is 23.4 Å². The molecule has 178 valence electrons. The standard InChI is InChI=1S/C31H37NO2/c1-19-17-25(23-7-5-6-8-28(23)32-19)21-13-15-30(3)22(18-21)9-10-24-26-11-12-29(34-20(2)33)31(26,4)16-14-27(24)30/h5-9,17-18,24,26-27,29H,10-16H2,1-4H3/t24-,26-,27-,29-,30-,31-/m0/s1. The van der Waals surface area contributed by atoms with Gasteiger partial charge in [0.15, 0.2) is 0 Å². The molecule has 0 radical (unpaired) electrons. The Hall–Kier alpha value is -2.42. The monoisotopic (exact) mass is 455 g/mol. The van der Waals surface area contributed by atoms with Gasteiger partial charge in [0.1, 0.15) is 6.10 Å². The van der Waals surface area contributed by atoms with Gasteiger partial charge in [-0.3, -0.25) is 9.78 Å². The first-order valence-electron chi connectivity index (χ1n) is 13.2. The van der Waals surface area contributed by atoms with Crippen molar-refractivity contribution in [2.75, 3.05) is 0 Å². The maximum Gasteiger partial charge on any atom is 0.302 e. The van der Waals surface area contributed by atoms with Crippen molar-refractivity contribution < 1.29 is 9.53 Å². The Morgan fingerprint density at radius 3 is 2.74 bits per heavy atom. The van der Waals surface area contributed by atoms with Crippen molar-refractivity contribution in [3.8, 4) is 0 Å². The van der Waals surface area contributed by atoms with Gasteiger partial charge in [-0.15, -0.1) is 0 Å². The summed E-state index contributed by atoms with van der Waals surface area (Å²) in [6, 6.07) is 10.8. The molecule has 6 rings (SSSR count). The molecule has 2 fully saturated rings. The minimum atomic E-state index is -0.115. The lowest BCUT2D eigenvalue weighted by Crippen LogP contribution is -2.50. The summed E-state index contributed by atoms with van der Waals surface area (Å²) in [6.07, 6.45) is 13.4. The number of fused-ring (bicyclic) bond motifs is 6. The number of rotatable bonds is 2. The summed E-state index contributed by atoms with van der Waals surface area (Å²) in [5.41, 5.74) is 7.00. The Labute approximate surface area is 203 Å². The number of esters is 1. The molecule has 3 nitrogen and oxygen atoms in total. The number of aromatic nitrogens is 1. The second-order valence-electron chi connectivity index (χ2n) is 11.9. The quantitative estimate of drug-likeness (QED) is 0.442. The number of pyridine rings is 1. The number of ether oxygens (including phenoxy) is 1. The molecule has 3 heteroatoms. The maximum atomic E-state index is 11.7. The summed E-state index contributed by atoms with van der Waals surface area (Å²) in [4.78, 5) is 16.5. The number of hydrogen-bond donors (Lipinski definition) is 0. The van der Waals surface area contributed by atoms with Crippen molar-refractivity contribution in [2.24, 2.45) is 28.6 Å². The first kappa shape index (κ1) is 22.1. The Morgan fingerprint density at radius 2 is 1.91 bits per heavy atom. The van der Waals surface area contributed by atoms with Crippen LogP contribution in [0.3, 0.4) is 0 Å². The number of aryl methyl sites for hydroxylation is 1. The Morgan fingerprint density at radius 1 is 1.09 bits per heavy atom. The molecule has 2 saturated carbocycles. The van der Waals surface area contributed by atoms with E-state index in [1.807, 2.05) is 0 Å². The van der Waals surface area contributed by atoms with Crippen molar-refractivity contribution in [1.82, 2.24) is 4.98 Å². The number of carbonyl (C=O) groups excluding carboxylic acids is 1. The van der Waals surface area contributed by atoms with Crippen LogP contribution in [0.15, 0.2) is 48.1 Å². The van der Waals surface area contributed by atoms with Gasteiger partial charge < -0.3 is 4.74 Å². The fourth-order valence-corrected chi connectivity index (χ4v) is 8.46. The van der Waals surface area contributed by atoms with E-state index in [0.717, 1.165) is 30.0 Å². The van der Waals surface area contributed by atoms with E-state index < -0.39 is 0 Å². The molecule has 0 bridgehead atoms. The Balaban J connectivity index is 1.35. The van der Waals surface area contributed by atoms with Crippen LogP contribution in [0.25, 0.3) is 16.5 Å². The molecule has 0 amide bonds. The summed E-state index contributed by atoms with van der Waals surface area (Å²) in [6.45, 7) is 8.63. The average Bonchev–Trinajstić information content (AvgIpc) is 3.13. The van der Waals surface area contributed by atoms with Crippen LogP contribution in [0.1, 0.15) is 77.0 Å². The van der Waals surface area contributed by atoms with Gasteiger partial charge in [0.05, 0.1) is 5.52 Å². The number of benzene rings is 1. The average molecular weight is 456 g/mol. The molecular formula is C31H37NO2. The molecular weight excluding hydrogens is 418 g/mol. The summed E-state index contributed by atoms with van der Waals surface area (Å²) in [7, 11) is 0. The highest BCUT2D eigenvalue weighted by atomic mass is 16.5. The van der Waals surface area contributed by atoms with Gasteiger partial charge in [0.2, 0.25) is 0 Å². The van der Waals surface area contributed by atoms with E-state index >= 15 is 0 Å². The number of para-hydroxylation sites is 1. The first-order valence-corrected chi connectivity index (χ1v) is 13.2.